The molecule has 0 spiro atoms. The molecule has 1 aromatic carbocycles. The SMILES string of the molecule is Cc1ccc(CC(=O)N2C[C@@H](Cc3ccncc3)[C@@H](O)C2)cc1. The van der Waals surface area contributed by atoms with Crippen molar-refractivity contribution in [1.82, 2.24) is 9.88 Å². The highest BCUT2D eigenvalue weighted by molar-refractivity contribution is 5.79. The maximum atomic E-state index is 12.4. The maximum absolute atomic E-state index is 12.4. The summed E-state index contributed by atoms with van der Waals surface area (Å²) in [4.78, 5) is 18.2. The van der Waals surface area contributed by atoms with Gasteiger partial charge in [-0.05, 0) is 36.6 Å². The van der Waals surface area contributed by atoms with Gasteiger partial charge >= 0.3 is 0 Å². The number of hydrogen-bond acceptors (Lipinski definition) is 3. The summed E-state index contributed by atoms with van der Waals surface area (Å²) in [5.41, 5.74) is 3.36. The van der Waals surface area contributed by atoms with Crippen LogP contribution in [-0.2, 0) is 17.6 Å². The Balaban J connectivity index is 1.59. The number of pyridine rings is 1. The number of aliphatic hydroxyl groups excluding tert-OH is 1. The predicted octanol–water partition coefficient (Wildman–Crippen LogP) is 1.99. The standard InChI is InChI=1S/C19H22N2O2/c1-14-2-4-15(5-3-14)11-19(23)21-12-17(18(22)13-21)10-16-6-8-20-9-7-16/h2-9,17-18,22H,10-13H2,1H3/t17-,18+/m1/s1. The minimum absolute atomic E-state index is 0.0881. The first-order valence-electron chi connectivity index (χ1n) is 8.02. The van der Waals surface area contributed by atoms with Gasteiger partial charge in [0.05, 0.1) is 12.5 Å². The number of benzene rings is 1. The molecular weight excluding hydrogens is 288 g/mol. The molecule has 4 heteroatoms. The van der Waals surface area contributed by atoms with E-state index in [2.05, 4.69) is 4.98 Å². The molecule has 1 saturated heterocycles. The fourth-order valence-corrected chi connectivity index (χ4v) is 3.07. The maximum Gasteiger partial charge on any atom is 0.227 e. The van der Waals surface area contributed by atoms with Crippen LogP contribution in [0.3, 0.4) is 0 Å². The number of carbonyl (C=O) groups is 1. The largest absolute Gasteiger partial charge is 0.391 e. The lowest BCUT2D eigenvalue weighted by Crippen LogP contribution is -2.31. The van der Waals surface area contributed by atoms with E-state index in [1.54, 1.807) is 17.3 Å². The highest BCUT2D eigenvalue weighted by atomic mass is 16.3. The number of β-amino-alcohol motifs (C(OH)–C–C–N with tert-alkyl or cyclic N) is 1. The molecule has 0 unspecified atom stereocenters. The molecule has 120 valence electrons. The van der Waals surface area contributed by atoms with Gasteiger partial charge in [0, 0.05) is 31.4 Å². The molecule has 2 atom stereocenters. The van der Waals surface area contributed by atoms with Gasteiger partial charge in [0.1, 0.15) is 0 Å². The van der Waals surface area contributed by atoms with Crippen LogP contribution < -0.4 is 0 Å². The normalized spacial score (nSPS) is 20.7. The van der Waals surface area contributed by atoms with Crippen molar-refractivity contribution >= 4 is 5.91 Å². The molecule has 2 aromatic rings. The molecule has 4 nitrogen and oxygen atoms in total. The fourth-order valence-electron chi connectivity index (χ4n) is 3.07. The Kier molecular flexibility index (Phi) is 4.72. The number of aromatic nitrogens is 1. The molecule has 0 aliphatic carbocycles. The smallest absolute Gasteiger partial charge is 0.227 e. The highest BCUT2D eigenvalue weighted by Gasteiger charge is 2.33. The zero-order chi connectivity index (χ0) is 16.2. The van der Waals surface area contributed by atoms with E-state index in [0.717, 1.165) is 17.5 Å². The zero-order valence-corrected chi connectivity index (χ0v) is 13.4. The summed E-state index contributed by atoms with van der Waals surface area (Å²) in [6, 6.07) is 12.0. The van der Waals surface area contributed by atoms with E-state index in [0.29, 0.717) is 19.5 Å². The lowest BCUT2D eigenvalue weighted by molar-refractivity contribution is -0.129. The molecule has 0 radical (unpaired) electrons. The van der Waals surface area contributed by atoms with Crippen LogP contribution in [0.4, 0.5) is 0 Å². The number of aryl methyl sites for hydroxylation is 1. The third-order valence-electron chi connectivity index (χ3n) is 4.48. The molecule has 2 heterocycles. The van der Waals surface area contributed by atoms with Crippen LogP contribution in [0, 0.1) is 12.8 Å². The van der Waals surface area contributed by atoms with Crippen LogP contribution in [0.25, 0.3) is 0 Å². The lowest BCUT2D eigenvalue weighted by atomic mass is 9.97. The van der Waals surface area contributed by atoms with Crippen LogP contribution in [-0.4, -0.2) is 40.1 Å². The third-order valence-corrected chi connectivity index (χ3v) is 4.48. The highest BCUT2D eigenvalue weighted by Crippen LogP contribution is 2.22. The van der Waals surface area contributed by atoms with Crippen LogP contribution in [0.5, 0.6) is 0 Å². The van der Waals surface area contributed by atoms with Crippen molar-refractivity contribution in [2.24, 2.45) is 5.92 Å². The summed E-state index contributed by atoms with van der Waals surface area (Å²) in [6.07, 6.45) is 4.24. The average molecular weight is 310 g/mol. The summed E-state index contributed by atoms with van der Waals surface area (Å²) in [5, 5.41) is 10.3. The number of carbonyl (C=O) groups excluding carboxylic acids is 1. The number of amides is 1. The van der Waals surface area contributed by atoms with Gasteiger partial charge in [-0.1, -0.05) is 29.8 Å². The summed E-state index contributed by atoms with van der Waals surface area (Å²) >= 11 is 0. The molecule has 1 N–H and O–H groups in total. The summed E-state index contributed by atoms with van der Waals surface area (Å²) in [7, 11) is 0. The second-order valence-electron chi connectivity index (χ2n) is 6.35. The third kappa shape index (κ3) is 3.96. The average Bonchev–Trinajstić information content (AvgIpc) is 2.92. The number of rotatable bonds is 4. The van der Waals surface area contributed by atoms with Crippen LogP contribution in [0.1, 0.15) is 16.7 Å². The molecule has 1 amide bonds. The van der Waals surface area contributed by atoms with Crippen molar-refractivity contribution in [2.75, 3.05) is 13.1 Å². The molecule has 1 aliphatic rings. The first-order chi connectivity index (χ1) is 11.1. The number of likely N-dealkylation sites (tertiary alicyclic amines) is 1. The van der Waals surface area contributed by atoms with E-state index in [-0.39, 0.29) is 11.8 Å². The van der Waals surface area contributed by atoms with Crippen LogP contribution in [0.15, 0.2) is 48.8 Å². The van der Waals surface area contributed by atoms with Crippen LogP contribution in [0.2, 0.25) is 0 Å². The van der Waals surface area contributed by atoms with Gasteiger partial charge in [-0.3, -0.25) is 9.78 Å². The molecule has 1 aromatic heterocycles. The Morgan fingerprint density at radius 3 is 2.52 bits per heavy atom. The second kappa shape index (κ2) is 6.92. The molecule has 1 aliphatic heterocycles. The van der Waals surface area contributed by atoms with Crippen molar-refractivity contribution in [3.05, 3.63) is 65.5 Å². The molecule has 0 bridgehead atoms. The van der Waals surface area contributed by atoms with Gasteiger partial charge < -0.3 is 10.0 Å². The number of hydrogen-bond donors (Lipinski definition) is 1. The van der Waals surface area contributed by atoms with Gasteiger partial charge in [0.15, 0.2) is 0 Å². The van der Waals surface area contributed by atoms with Gasteiger partial charge in [-0.2, -0.15) is 0 Å². The first kappa shape index (κ1) is 15.7. The Morgan fingerprint density at radius 1 is 1.13 bits per heavy atom. The minimum atomic E-state index is -0.454. The summed E-state index contributed by atoms with van der Waals surface area (Å²) < 4.78 is 0. The van der Waals surface area contributed by atoms with E-state index in [4.69, 9.17) is 0 Å². The van der Waals surface area contributed by atoms with Crippen molar-refractivity contribution in [3.63, 3.8) is 0 Å². The van der Waals surface area contributed by atoms with Gasteiger partial charge in [-0.25, -0.2) is 0 Å². The Hall–Kier alpha value is -2.20. The van der Waals surface area contributed by atoms with Crippen molar-refractivity contribution in [1.29, 1.82) is 0 Å². The van der Waals surface area contributed by atoms with E-state index in [9.17, 15) is 9.90 Å². The Labute approximate surface area is 136 Å². The second-order valence-corrected chi connectivity index (χ2v) is 6.35. The van der Waals surface area contributed by atoms with E-state index in [1.165, 1.54) is 5.56 Å². The van der Waals surface area contributed by atoms with Crippen molar-refractivity contribution < 1.29 is 9.90 Å². The number of nitrogens with zero attached hydrogens (tertiary/aromatic N) is 2. The lowest BCUT2D eigenvalue weighted by Gasteiger charge is -2.16. The minimum Gasteiger partial charge on any atom is -0.391 e. The molecule has 1 fully saturated rings. The zero-order valence-electron chi connectivity index (χ0n) is 13.4. The van der Waals surface area contributed by atoms with Crippen LogP contribution >= 0.6 is 0 Å². The number of aliphatic hydroxyl groups is 1. The van der Waals surface area contributed by atoms with E-state index in [1.807, 2.05) is 43.3 Å². The van der Waals surface area contributed by atoms with Gasteiger partial charge in [-0.15, -0.1) is 0 Å². The van der Waals surface area contributed by atoms with Gasteiger partial charge in [0.2, 0.25) is 5.91 Å². The summed E-state index contributed by atoms with van der Waals surface area (Å²) in [6.45, 7) is 3.08. The monoisotopic (exact) mass is 310 g/mol. The molecule has 23 heavy (non-hydrogen) atoms. The fraction of sp³-hybridized carbons (Fsp3) is 0.368. The Bertz CT molecular complexity index is 655. The predicted molar refractivity (Wildman–Crippen MR) is 88.9 cm³/mol. The molecule has 0 saturated carbocycles. The molecular formula is C19H22N2O2. The van der Waals surface area contributed by atoms with Crippen molar-refractivity contribution in [3.8, 4) is 0 Å². The van der Waals surface area contributed by atoms with Gasteiger partial charge in [0.25, 0.3) is 0 Å². The first-order valence-corrected chi connectivity index (χ1v) is 8.02. The topological polar surface area (TPSA) is 53.4 Å². The quantitative estimate of drug-likeness (QED) is 0.939. The molecule has 3 rings (SSSR count). The van der Waals surface area contributed by atoms with Crippen molar-refractivity contribution in [2.45, 2.75) is 25.9 Å². The van der Waals surface area contributed by atoms with E-state index >= 15 is 0 Å². The van der Waals surface area contributed by atoms with E-state index < -0.39 is 6.10 Å². The summed E-state index contributed by atoms with van der Waals surface area (Å²) in [5.74, 6) is 0.185. The Morgan fingerprint density at radius 2 is 1.83 bits per heavy atom.